The molecule has 0 aromatic heterocycles. The maximum atomic E-state index is 12.7. The van der Waals surface area contributed by atoms with E-state index in [-0.39, 0.29) is 28.6 Å². The number of carbonyl (C=O) groups is 5. The Morgan fingerprint density at radius 1 is 0.633 bits per heavy atom. The van der Waals surface area contributed by atoms with Crippen molar-refractivity contribution in [1.29, 1.82) is 0 Å². The quantitative estimate of drug-likeness (QED) is 0.551. The lowest BCUT2D eigenvalue weighted by Crippen LogP contribution is -2.15. The Morgan fingerprint density at radius 3 is 1.50 bits per heavy atom. The van der Waals surface area contributed by atoms with E-state index >= 15 is 0 Å². The van der Waals surface area contributed by atoms with Crippen LogP contribution in [0.5, 0.6) is 23.0 Å². The number of aromatic carboxylic acids is 1. The standard InChI is InChI=1S/C20H16O10/c1-10(21)27-13-4-6-17(15(8-13)19(24)25)30-20(26)16-9-14(28-11(2)22)5-7-18(16)29-12(3)23/h4-9H,1-3H3,(H,24,25). The number of carboxylic acids is 1. The van der Waals surface area contributed by atoms with Gasteiger partial charge in [-0.25, -0.2) is 9.59 Å². The monoisotopic (exact) mass is 416 g/mol. The molecule has 0 aliphatic rings. The number of ether oxygens (including phenoxy) is 4. The van der Waals surface area contributed by atoms with Crippen LogP contribution in [0.1, 0.15) is 41.5 Å². The average Bonchev–Trinajstić information content (AvgIpc) is 2.62. The van der Waals surface area contributed by atoms with E-state index in [0.717, 1.165) is 39.0 Å². The van der Waals surface area contributed by atoms with E-state index in [2.05, 4.69) is 0 Å². The van der Waals surface area contributed by atoms with E-state index in [4.69, 9.17) is 18.9 Å². The predicted octanol–water partition coefficient (Wildman–Crippen LogP) is 2.38. The molecule has 0 atom stereocenters. The lowest BCUT2D eigenvalue weighted by molar-refractivity contribution is -0.133. The van der Waals surface area contributed by atoms with E-state index in [0.29, 0.717) is 0 Å². The molecule has 10 nitrogen and oxygen atoms in total. The summed E-state index contributed by atoms with van der Waals surface area (Å²) in [5.41, 5.74) is -0.739. The van der Waals surface area contributed by atoms with Gasteiger partial charge >= 0.3 is 29.8 Å². The number of rotatable bonds is 6. The fourth-order valence-corrected chi connectivity index (χ4v) is 2.29. The van der Waals surface area contributed by atoms with Crippen LogP contribution in [0.4, 0.5) is 0 Å². The van der Waals surface area contributed by atoms with Gasteiger partial charge in [-0.15, -0.1) is 0 Å². The summed E-state index contributed by atoms with van der Waals surface area (Å²) in [7, 11) is 0. The van der Waals surface area contributed by atoms with Crippen molar-refractivity contribution in [2.45, 2.75) is 20.8 Å². The molecule has 0 saturated carbocycles. The van der Waals surface area contributed by atoms with Crippen LogP contribution in [-0.2, 0) is 14.4 Å². The summed E-state index contributed by atoms with van der Waals surface area (Å²) in [6, 6.07) is 7.00. The lowest BCUT2D eigenvalue weighted by Gasteiger charge is -2.12. The second-order valence-corrected chi connectivity index (χ2v) is 5.79. The second-order valence-electron chi connectivity index (χ2n) is 5.79. The maximum Gasteiger partial charge on any atom is 0.347 e. The van der Waals surface area contributed by atoms with Crippen LogP contribution in [0, 0.1) is 0 Å². The molecule has 10 heteroatoms. The highest BCUT2D eigenvalue weighted by atomic mass is 16.6. The summed E-state index contributed by atoms with van der Waals surface area (Å²) >= 11 is 0. The van der Waals surface area contributed by atoms with Crippen molar-refractivity contribution in [3.63, 3.8) is 0 Å². The maximum absolute atomic E-state index is 12.7. The van der Waals surface area contributed by atoms with Gasteiger partial charge in [-0.05, 0) is 36.4 Å². The number of hydrogen-bond acceptors (Lipinski definition) is 9. The third-order valence-corrected chi connectivity index (χ3v) is 3.33. The van der Waals surface area contributed by atoms with Crippen molar-refractivity contribution in [3.05, 3.63) is 47.5 Å². The van der Waals surface area contributed by atoms with Crippen molar-refractivity contribution in [2.24, 2.45) is 0 Å². The highest BCUT2D eigenvalue weighted by Gasteiger charge is 2.22. The van der Waals surface area contributed by atoms with Gasteiger partial charge in [0.1, 0.15) is 34.1 Å². The number of esters is 4. The molecular formula is C20H16O10. The van der Waals surface area contributed by atoms with Gasteiger partial charge in [-0.3, -0.25) is 14.4 Å². The van der Waals surface area contributed by atoms with Gasteiger partial charge in [-0.2, -0.15) is 0 Å². The summed E-state index contributed by atoms with van der Waals surface area (Å²) in [6.07, 6.45) is 0. The minimum absolute atomic E-state index is 0.0194. The van der Waals surface area contributed by atoms with Crippen molar-refractivity contribution in [2.75, 3.05) is 0 Å². The third-order valence-electron chi connectivity index (χ3n) is 3.33. The zero-order chi connectivity index (χ0) is 22.4. The number of hydrogen-bond donors (Lipinski definition) is 1. The second kappa shape index (κ2) is 9.32. The van der Waals surface area contributed by atoms with Crippen LogP contribution in [0.2, 0.25) is 0 Å². The van der Waals surface area contributed by atoms with Gasteiger partial charge in [0.25, 0.3) is 0 Å². The van der Waals surface area contributed by atoms with Gasteiger partial charge in [0, 0.05) is 20.8 Å². The summed E-state index contributed by atoms with van der Waals surface area (Å²) < 4.78 is 19.8. The molecule has 0 saturated heterocycles. The first kappa shape index (κ1) is 22.1. The van der Waals surface area contributed by atoms with Crippen molar-refractivity contribution in [1.82, 2.24) is 0 Å². The number of carbonyl (C=O) groups excluding carboxylic acids is 4. The van der Waals surface area contributed by atoms with Crippen molar-refractivity contribution >= 4 is 29.8 Å². The smallest absolute Gasteiger partial charge is 0.347 e. The molecule has 0 fully saturated rings. The Labute approximate surface area is 169 Å². The Bertz CT molecular complexity index is 1040. The van der Waals surface area contributed by atoms with Crippen molar-refractivity contribution < 1.29 is 48.0 Å². The lowest BCUT2D eigenvalue weighted by atomic mass is 10.1. The molecule has 30 heavy (non-hydrogen) atoms. The van der Waals surface area contributed by atoms with Crippen LogP contribution in [0.3, 0.4) is 0 Å². The molecule has 0 aliphatic carbocycles. The molecule has 0 heterocycles. The summed E-state index contributed by atoms with van der Waals surface area (Å²) in [5, 5.41) is 9.37. The van der Waals surface area contributed by atoms with Gasteiger partial charge < -0.3 is 24.1 Å². The molecular weight excluding hydrogens is 400 g/mol. The highest BCUT2D eigenvalue weighted by Crippen LogP contribution is 2.29. The van der Waals surface area contributed by atoms with E-state index in [9.17, 15) is 29.1 Å². The molecule has 156 valence electrons. The SMILES string of the molecule is CC(=O)Oc1ccc(OC(=O)c2cc(OC(C)=O)ccc2OC(C)=O)c(C(=O)O)c1. The fourth-order valence-electron chi connectivity index (χ4n) is 2.29. The minimum Gasteiger partial charge on any atom is -0.478 e. The van der Waals surface area contributed by atoms with Crippen LogP contribution in [0.25, 0.3) is 0 Å². The summed E-state index contributed by atoms with van der Waals surface area (Å²) in [4.78, 5) is 57.7. The normalized spacial score (nSPS) is 9.97. The molecule has 0 spiro atoms. The molecule has 2 aromatic carbocycles. The van der Waals surface area contributed by atoms with E-state index < -0.39 is 35.4 Å². The average molecular weight is 416 g/mol. The Kier molecular flexibility index (Phi) is 6.86. The van der Waals surface area contributed by atoms with E-state index in [1.807, 2.05) is 0 Å². The van der Waals surface area contributed by atoms with Crippen LogP contribution in [-0.4, -0.2) is 35.0 Å². The summed E-state index contributed by atoms with van der Waals surface area (Å²) in [6.45, 7) is 3.41. The first-order chi connectivity index (χ1) is 14.1. The topological polar surface area (TPSA) is 142 Å². The Morgan fingerprint density at radius 2 is 1.07 bits per heavy atom. The Balaban J connectivity index is 2.42. The number of benzene rings is 2. The summed E-state index contributed by atoms with van der Waals surface area (Å²) in [5.74, 6) is -5.17. The Hall–Kier alpha value is -4.21. The molecule has 1 N–H and O–H groups in total. The molecule has 0 bridgehead atoms. The van der Waals surface area contributed by atoms with Gasteiger partial charge in [0.15, 0.2) is 0 Å². The fraction of sp³-hybridized carbons (Fsp3) is 0.150. The first-order valence-electron chi connectivity index (χ1n) is 8.35. The largest absolute Gasteiger partial charge is 0.478 e. The first-order valence-corrected chi connectivity index (χ1v) is 8.35. The molecule has 0 amide bonds. The molecule has 2 aromatic rings. The van der Waals surface area contributed by atoms with Gasteiger partial charge in [0.05, 0.1) is 0 Å². The minimum atomic E-state index is -1.44. The van der Waals surface area contributed by atoms with E-state index in [1.54, 1.807) is 0 Å². The molecule has 0 radical (unpaired) electrons. The van der Waals surface area contributed by atoms with Crippen LogP contribution < -0.4 is 18.9 Å². The van der Waals surface area contributed by atoms with Gasteiger partial charge in [0.2, 0.25) is 0 Å². The highest BCUT2D eigenvalue weighted by molar-refractivity contribution is 5.98. The molecule has 0 unspecified atom stereocenters. The zero-order valence-electron chi connectivity index (χ0n) is 16.1. The van der Waals surface area contributed by atoms with Crippen LogP contribution in [0.15, 0.2) is 36.4 Å². The van der Waals surface area contributed by atoms with Gasteiger partial charge in [-0.1, -0.05) is 0 Å². The van der Waals surface area contributed by atoms with E-state index in [1.165, 1.54) is 18.2 Å². The van der Waals surface area contributed by atoms with Crippen molar-refractivity contribution in [3.8, 4) is 23.0 Å². The predicted molar refractivity (Wildman–Crippen MR) is 98.7 cm³/mol. The molecule has 2 rings (SSSR count). The zero-order valence-corrected chi connectivity index (χ0v) is 16.1. The third kappa shape index (κ3) is 5.89. The molecule has 0 aliphatic heterocycles. The van der Waals surface area contributed by atoms with Crippen LogP contribution >= 0.6 is 0 Å². The number of carboxylic acid groups (broad SMARTS) is 1.